The lowest BCUT2D eigenvalue weighted by atomic mass is 10.1. The molecule has 6 nitrogen and oxygen atoms in total. The maximum absolute atomic E-state index is 11.1. The zero-order valence-corrected chi connectivity index (χ0v) is 8.77. The van der Waals surface area contributed by atoms with Crippen molar-refractivity contribution in [2.24, 2.45) is 17.2 Å². The van der Waals surface area contributed by atoms with Gasteiger partial charge >= 0.3 is 0 Å². The fourth-order valence-electron chi connectivity index (χ4n) is 1.33. The second kappa shape index (κ2) is 5.22. The van der Waals surface area contributed by atoms with E-state index in [4.69, 9.17) is 17.2 Å². The monoisotopic (exact) mass is 222 g/mol. The number of hydrogen-bond donors (Lipinski definition) is 3. The van der Waals surface area contributed by atoms with Crippen molar-refractivity contribution in [3.63, 3.8) is 0 Å². The van der Waals surface area contributed by atoms with Crippen molar-refractivity contribution >= 4 is 11.8 Å². The third-order valence-electron chi connectivity index (χ3n) is 2.11. The van der Waals surface area contributed by atoms with Gasteiger partial charge < -0.3 is 17.2 Å². The van der Waals surface area contributed by atoms with Crippen molar-refractivity contribution < 1.29 is 9.59 Å². The van der Waals surface area contributed by atoms with Gasteiger partial charge in [0.15, 0.2) is 0 Å². The lowest BCUT2D eigenvalue weighted by Gasteiger charge is -2.06. The zero-order valence-electron chi connectivity index (χ0n) is 8.77. The molecule has 6 heteroatoms. The minimum Gasteiger partial charge on any atom is -0.364 e. The number of nitrogens with zero attached hydrogens (tertiary/aromatic N) is 1. The largest absolute Gasteiger partial charge is 0.364 e. The van der Waals surface area contributed by atoms with Gasteiger partial charge in [-0.25, -0.2) is 4.98 Å². The summed E-state index contributed by atoms with van der Waals surface area (Å²) in [5.74, 6) is -1.36. The minimum atomic E-state index is -0.687. The van der Waals surface area contributed by atoms with E-state index in [1.165, 1.54) is 6.07 Å². The van der Waals surface area contributed by atoms with Crippen LogP contribution < -0.4 is 17.2 Å². The lowest BCUT2D eigenvalue weighted by Crippen LogP contribution is -2.21. The van der Waals surface area contributed by atoms with Gasteiger partial charge in [-0.05, 0) is 31.0 Å². The quantitative estimate of drug-likeness (QED) is 0.601. The Kier molecular flexibility index (Phi) is 3.96. The van der Waals surface area contributed by atoms with Gasteiger partial charge in [0.05, 0.1) is 0 Å². The van der Waals surface area contributed by atoms with Gasteiger partial charge in [0.1, 0.15) is 11.4 Å². The third kappa shape index (κ3) is 2.77. The number of hydrogen-bond acceptors (Lipinski definition) is 4. The van der Waals surface area contributed by atoms with Crippen molar-refractivity contribution in [2.45, 2.75) is 12.8 Å². The molecule has 16 heavy (non-hydrogen) atoms. The molecule has 0 aliphatic rings. The van der Waals surface area contributed by atoms with Crippen LogP contribution in [0.3, 0.4) is 0 Å². The molecule has 0 spiro atoms. The zero-order chi connectivity index (χ0) is 12.1. The molecule has 1 aromatic heterocycles. The van der Waals surface area contributed by atoms with Gasteiger partial charge in [0.2, 0.25) is 0 Å². The van der Waals surface area contributed by atoms with Crippen molar-refractivity contribution in [2.75, 3.05) is 6.54 Å². The second-order valence-corrected chi connectivity index (χ2v) is 3.32. The summed E-state index contributed by atoms with van der Waals surface area (Å²) in [6.45, 7) is 0.510. The van der Waals surface area contributed by atoms with Crippen LogP contribution in [0.25, 0.3) is 0 Å². The SMILES string of the molecule is NCCCc1ccc(C(N)=O)nc1C(N)=O. The molecule has 0 aliphatic heterocycles. The Hall–Kier alpha value is -1.95. The van der Waals surface area contributed by atoms with Crippen LogP contribution in [0.2, 0.25) is 0 Å². The Bertz CT molecular complexity index is 417. The Balaban J connectivity index is 3.09. The standard InChI is InChI=1S/C10H14N4O2/c11-5-1-2-6-3-4-7(9(12)15)14-8(6)10(13)16/h3-4H,1-2,5,11H2,(H2,12,15)(H2,13,16). The van der Waals surface area contributed by atoms with E-state index >= 15 is 0 Å². The molecule has 1 aromatic rings. The number of rotatable bonds is 5. The number of aromatic nitrogens is 1. The highest BCUT2D eigenvalue weighted by Gasteiger charge is 2.12. The molecule has 0 aromatic carbocycles. The van der Waals surface area contributed by atoms with E-state index in [2.05, 4.69) is 4.98 Å². The summed E-state index contributed by atoms with van der Waals surface area (Å²) in [6, 6.07) is 3.10. The average Bonchev–Trinajstić information content (AvgIpc) is 2.25. The van der Waals surface area contributed by atoms with Gasteiger partial charge in [-0.2, -0.15) is 0 Å². The summed E-state index contributed by atoms with van der Waals surface area (Å²) in [6.07, 6.45) is 1.32. The van der Waals surface area contributed by atoms with Crippen molar-refractivity contribution in [3.05, 3.63) is 29.1 Å². The van der Waals surface area contributed by atoms with Crippen molar-refractivity contribution in [1.29, 1.82) is 0 Å². The van der Waals surface area contributed by atoms with Crippen molar-refractivity contribution in [1.82, 2.24) is 4.98 Å². The van der Waals surface area contributed by atoms with Gasteiger partial charge in [-0.3, -0.25) is 9.59 Å². The second-order valence-electron chi connectivity index (χ2n) is 3.32. The molecule has 1 rings (SSSR count). The number of carbonyl (C=O) groups is 2. The summed E-state index contributed by atoms with van der Waals surface area (Å²) >= 11 is 0. The molecule has 0 saturated carbocycles. The van der Waals surface area contributed by atoms with Crippen LogP contribution >= 0.6 is 0 Å². The van der Waals surface area contributed by atoms with E-state index in [0.29, 0.717) is 18.5 Å². The van der Waals surface area contributed by atoms with Crippen molar-refractivity contribution in [3.8, 4) is 0 Å². The molecule has 2 amide bonds. The Morgan fingerprint density at radius 2 is 1.88 bits per heavy atom. The van der Waals surface area contributed by atoms with Crippen LogP contribution in [0.1, 0.15) is 33.0 Å². The first kappa shape index (κ1) is 12.1. The number of aryl methyl sites for hydroxylation is 1. The van der Waals surface area contributed by atoms with E-state index in [1.54, 1.807) is 6.07 Å². The fraction of sp³-hybridized carbons (Fsp3) is 0.300. The Morgan fingerprint density at radius 3 is 2.38 bits per heavy atom. The first-order valence-corrected chi connectivity index (χ1v) is 4.86. The van der Waals surface area contributed by atoms with Crippen LogP contribution in [0, 0.1) is 0 Å². The predicted molar refractivity (Wildman–Crippen MR) is 58.6 cm³/mol. The third-order valence-corrected chi connectivity index (χ3v) is 2.11. The molecule has 0 fully saturated rings. The van der Waals surface area contributed by atoms with Crippen LogP contribution in [0.4, 0.5) is 0 Å². The number of carbonyl (C=O) groups excluding carboxylic acids is 2. The first-order valence-electron chi connectivity index (χ1n) is 4.86. The molecule has 0 saturated heterocycles. The van der Waals surface area contributed by atoms with Gasteiger partial charge in [-0.1, -0.05) is 6.07 Å². The number of nitrogens with two attached hydrogens (primary N) is 3. The Labute approximate surface area is 92.8 Å². The smallest absolute Gasteiger partial charge is 0.267 e. The fourth-order valence-corrected chi connectivity index (χ4v) is 1.33. The van der Waals surface area contributed by atoms with E-state index in [9.17, 15) is 9.59 Å². The van der Waals surface area contributed by atoms with E-state index in [0.717, 1.165) is 6.42 Å². The summed E-state index contributed by atoms with van der Waals surface area (Å²) in [7, 11) is 0. The first-order chi connectivity index (χ1) is 7.56. The normalized spacial score (nSPS) is 10.1. The highest BCUT2D eigenvalue weighted by Crippen LogP contribution is 2.09. The highest BCUT2D eigenvalue weighted by molar-refractivity contribution is 5.95. The summed E-state index contributed by atoms with van der Waals surface area (Å²) in [4.78, 5) is 25.9. The maximum Gasteiger partial charge on any atom is 0.267 e. The summed E-state index contributed by atoms with van der Waals surface area (Å²) in [5, 5.41) is 0. The van der Waals surface area contributed by atoms with E-state index in [1.807, 2.05) is 0 Å². The van der Waals surface area contributed by atoms with Crippen LogP contribution in [0.15, 0.2) is 12.1 Å². The summed E-state index contributed by atoms with van der Waals surface area (Å²) in [5.41, 5.74) is 16.4. The molecule has 0 atom stereocenters. The maximum atomic E-state index is 11.1. The summed E-state index contributed by atoms with van der Waals surface area (Å²) < 4.78 is 0. The number of pyridine rings is 1. The molecular weight excluding hydrogens is 208 g/mol. The van der Waals surface area contributed by atoms with Crippen LogP contribution in [-0.4, -0.2) is 23.3 Å². The molecule has 0 bridgehead atoms. The molecule has 6 N–H and O–H groups in total. The molecule has 0 aliphatic carbocycles. The number of amides is 2. The Morgan fingerprint density at radius 1 is 1.19 bits per heavy atom. The number of primary amides is 2. The lowest BCUT2D eigenvalue weighted by molar-refractivity contribution is 0.0991. The predicted octanol–water partition coefficient (Wildman–Crippen LogP) is -0.829. The minimum absolute atomic E-state index is 0.0327. The molecule has 0 unspecified atom stereocenters. The highest BCUT2D eigenvalue weighted by atomic mass is 16.1. The topological polar surface area (TPSA) is 125 Å². The van der Waals surface area contributed by atoms with E-state index < -0.39 is 11.8 Å². The average molecular weight is 222 g/mol. The van der Waals surface area contributed by atoms with Crippen LogP contribution in [-0.2, 0) is 6.42 Å². The van der Waals surface area contributed by atoms with Gasteiger partial charge in [-0.15, -0.1) is 0 Å². The molecule has 86 valence electrons. The molecule has 0 radical (unpaired) electrons. The van der Waals surface area contributed by atoms with Gasteiger partial charge in [0.25, 0.3) is 11.8 Å². The molecular formula is C10H14N4O2. The van der Waals surface area contributed by atoms with E-state index in [-0.39, 0.29) is 11.4 Å². The van der Waals surface area contributed by atoms with Crippen LogP contribution in [0.5, 0.6) is 0 Å². The van der Waals surface area contributed by atoms with Gasteiger partial charge in [0, 0.05) is 0 Å². The molecule has 1 heterocycles.